The van der Waals surface area contributed by atoms with E-state index in [1.54, 1.807) is 6.07 Å². The summed E-state index contributed by atoms with van der Waals surface area (Å²) in [5.74, 6) is -1.09. The molecule has 1 rings (SSSR count). The predicted molar refractivity (Wildman–Crippen MR) is 75.2 cm³/mol. The van der Waals surface area contributed by atoms with Crippen LogP contribution in [0.25, 0.3) is 0 Å². The van der Waals surface area contributed by atoms with E-state index in [1.807, 2.05) is 18.2 Å². The lowest BCUT2D eigenvalue weighted by Gasteiger charge is -2.13. The molecule has 4 N–H and O–H groups in total. The van der Waals surface area contributed by atoms with E-state index in [9.17, 15) is 9.59 Å². The van der Waals surface area contributed by atoms with Crippen molar-refractivity contribution < 1.29 is 19.4 Å². The number of aryl methyl sites for hydroxylation is 1. The molecule has 0 aliphatic rings. The third-order valence-electron chi connectivity index (χ3n) is 2.85. The quantitative estimate of drug-likeness (QED) is 0.612. The Bertz CT molecular complexity index is 462. The van der Waals surface area contributed by atoms with Gasteiger partial charge in [0, 0.05) is 25.8 Å². The normalized spacial score (nSPS) is 11.8. The molecule has 0 radical (unpaired) electrons. The molecule has 6 heteroatoms. The van der Waals surface area contributed by atoms with Gasteiger partial charge < -0.3 is 20.9 Å². The van der Waals surface area contributed by atoms with Crippen LogP contribution in [0, 0.1) is 0 Å². The minimum Gasteiger partial charge on any atom is -0.481 e. The molecule has 0 aliphatic carbocycles. The van der Waals surface area contributed by atoms with Crippen molar-refractivity contribution in [2.24, 2.45) is 0 Å². The molecule has 1 unspecified atom stereocenters. The molecule has 0 spiro atoms. The number of aliphatic carboxylic acids is 1. The third kappa shape index (κ3) is 6.19. The molecule has 1 atom stereocenters. The highest BCUT2D eigenvalue weighted by Gasteiger charge is 2.13. The Morgan fingerprint density at radius 3 is 2.80 bits per heavy atom. The fourth-order valence-corrected chi connectivity index (χ4v) is 1.76. The standard InChI is InChI=1S/C14H20N2O4/c1-20-12(8-14(18)19)9-16-13(17)6-5-10-3-2-4-11(15)7-10/h2-4,7,12H,5-6,8-9,15H2,1H3,(H,16,17)(H,18,19). The summed E-state index contributed by atoms with van der Waals surface area (Å²) in [6, 6.07) is 7.37. The second kappa shape index (κ2) is 8.16. The first-order valence-corrected chi connectivity index (χ1v) is 6.37. The average molecular weight is 280 g/mol. The fraction of sp³-hybridized carbons (Fsp3) is 0.429. The van der Waals surface area contributed by atoms with Gasteiger partial charge in [0.1, 0.15) is 0 Å². The molecular weight excluding hydrogens is 260 g/mol. The number of amides is 1. The average Bonchev–Trinajstić information content (AvgIpc) is 2.40. The summed E-state index contributed by atoms with van der Waals surface area (Å²) >= 11 is 0. The van der Waals surface area contributed by atoms with Crippen LogP contribution in [0.3, 0.4) is 0 Å². The number of carboxylic acids is 1. The van der Waals surface area contributed by atoms with Gasteiger partial charge in [-0.3, -0.25) is 9.59 Å². The predicted octanol–water partition coefficient (Wildman–Crippen LogP) is 0.807. The molecular formula is C14H20N2O4. The fourth-order valence-electron chi connectivity index (χ4n) is 1.76. The maximum atomic E-state index is 11.7. The Balaban J connectivity index is 2.31. The van der Waals surface area contributed by atoms with E-state index in [0.29, 0.717) is 18.5 Å². The van der Waals surface area contributed by atoms with Gasteiger partial charge in [0.05, 0.1) is 12.5 Å². The van der Waals surface area contributed by atoms with Crippen molar-refractivity contribution in [1.82, 2.24) is 5.32 Å². The summed E-state index contributed by atoms with van der Waals surface area (Å²) < 4.78 is 4.98. The number of nitrogen functional groups attached to an aromatic ring is 1. The summed E-state index contributed by atoms with van der Waals surface area (Å²) in [5, 5.41) is 11.3. The number of hydrogen-bond acceptors (Lipinski definition) is 4. The van der Waals surface area contributed by atoms with Crippen molar-refractivity contribution in [2.45, 2.75) is 25.4 Å². The number of carbonyl (C=O) groups excluding carboxylic acids is 1. The molecule has 6 nitrogen and oxygen atoms in total. The zero-order valence-corrected chi connectivity index (χ0v) is 11.5. The van der Waals surface area contributed by atoms with Crippen LogP contribution in [0.1, 0.15) is 18.4 Å². The van der Waals surface area contributed by atoms with Gasteiger partial charge in [-0.1, -0.05) is 12.1 Å². The lowest BCUT2D eigenvalue weighted by molar-refractivity contribution is -0.140. The van der Waals surface area contributed by atoms with E-state index in [4.69, 9.17) is 15.6 Å². The van der Waals surface area contributed by atoms with E-state index in [-0.39, 0.29) is 18.9 Å². The van der Waals surface area contributed by atoms with Gasteiger partial charge in [-0.05, 0) is 24.1 Å². The van der Waals surface area contributed by atoms with E-state index in [1.165, 1.54) is 7.11 Å². The summed E-state index contributed by atoms with van der Waals surface area (Å²) in [7, 11) is 1.42. The van der Waals surface area contributed by atoms with E-state index in [0.717, 1.165) is 5.56 Å². The first-order chi connectivity index (χ1) is 9.51. The van der Waals surface area contributed by atoms with Crippen LogP contribution >= 0.6 is 0 Å². The Hall–Kier alpha value is -2.08. The minimum atomic E-state index is -0.953. The van der Waals surface area contributed by atoms with Crippen LogP contribution in [0.15, 0.2) is 24.3 Å². The Morgan fingerprint density at radius 2 is 2.20 bits per heavy atom. The summed E-state index contributed by atoms with van der Waals surface area (Å²) in [6.07, 6.45) is 0.274. The van der Waals surface area contributed by atoms with E-state index >= 15 is 0 Å². The van der Waals surface area contributed by atoms with Crippen LogP contribution in [0.2, 0.25) is 0 Å². The molecule has 20 heavy (non-hydrogen) atoms. The molecule has 1 aromatic carbocycles. The number of hydrogen-bond donors (Lipinski definition) is 3. The molecule has 110 valence electrons. The largest absolute Gasteiger partial charge is 0.481 e. The van der Waals surface area contributed by atoms with E-state index < -0.39 is 12.1 Å². The summed E-state index contributed by atoms with van der Waals surface area (Å²) in [4.78, 5) is 22.2. The number of anilines is 1. The molecule has 0 fully saturated rings. The topological polar surface area (TPSA) is 102 Å². The van der Waals surface area contributed by atoms with Crippen molar-refractivity contribution in [1.29, 1.82) is 0 Å². The first-order valence-electron chi connectivity index (χ1n) is 6.37. The van der Waals surface area contributed by atoms with Gasteiger partial charge in [0.25, 0.3) is 0 Å². The summed E-state index contributed by atoms with van der Waals surface area (Å²) in [6.45, 7) is 0.193. The van der Waals surface area contributed by atoms with Crippen molar-refractivity contribution in [2.75, 3.05) is 19.4 Å². The number of rotatable bonds is 8. The highest BCUT2D eigenvalue weighted by atomic mass is 16.5. The van der Waals surface area contributed by atoms with E-state index in [2.05, 4.69) is 5.32 Å². The monoisotopic (exact) mass is 280 g/mol. The first kappa shape index (κ1) is 16.0. The molecule has 0 aliphatic heterocycles. The molecule has 0 heterocycles. The number of carbonyl (C=O) groups is 2. The van der Waals surface area contributed by atoms with Crippen LogP contribution in [-0.2, 0) is 20.7 Å². The highest BCUT2D eigenvalue weighted by molar-refractivity contribution is 5.76. The second-order valence-electron chi connectivity index (χ2n) is 4.50. The second-order valence-corrected chi connectivity index (χ2v) is 4.50. The maximum absolute atomic E-state index is 11.7. The molecule has 0 saturated carbocycles. The van der Waals surface area contributed by atoms with Gasteiger partial charge >= 0.3 is 5.97 Å². The smallest absolute Gasteiger partial charge is 0.306 e. The molecule has 0 aromatic heterocycles. The van der Waals surface area contributed by atoms with Gasteiger partial charge in [-0.25, -0.2) is 0 Å². The molecule has 0 saturated heterocycles. The number of ether oxygens (including phenoxy) is 1. The van der Waals surface area contributed by atoms with Gasteiger partial charge in [-0.2, -0.15) is 0 Å². The van der Waals surface area contributed by atoms with Crippen LogP contribution in [0.5, 0.6) is 0 Å². The van der Waals surface area contributed by atoms with Crippen molar-refractivity contribution in [3.63, 3.8) is 0 Å². The molecule has 1 aromatic rings. The molecule has 1 amide bonds. The van der Waals surface area contributed by atoms with Crippen LogP contribution < -0.4 is 11.1 Å². The summed E-state index contributed by atoms with van der Waals surface area (Å²) in [5.41, 5.74) is 7.32. The lowest BCUT2D eigenvalue weighted by atomic mass is 10.1. The number of benzene rings is 1. The maximum Gasteiger partial charge on any atom is 0.306 e. The Labute approximate surface area is 117 Å². The zero-order valence-electron chi connectivity index (χ0n) is 11.5. The van der Waals surface area contributed by atoms with Crippen LogP contribution in [0.4, 0.5) is 5.69 Å². The van der Waals surface area contributed by atoms with Crippen LogP contribution in [-0.4, -0.2) is 36.7 Å². The van der Waals surface area contributed by atoms with Gasteiger partial charge in [-0.15, -0.1) is 0 Å². The number of methoxy groups -OCH3 is 1. The lowest BCUT2D eigenvalue weighted by Crippen LogP contribution is -2.34. The van der Waals surface area contributed by atoms with Crippen molar-refractivity contribution >= 4 is 17.6 Å². The van der Waals surface area contributed by atoms with Crippen molar-refractivity contribution in [3.8, 4) is 0 Å². The number of nitrogens with one attached hydrogen (secondary N) is 1. The number of nitrogens with two attached hydrogens (primary N) is 1. The molecule has 0 bridgehead atoms. The Morgan fingerprint density at radius 1 is 1.45 bits per heavy atom. The van der Waals surface area contributed by atoms with Gasteiger partial charge in [0.2, 0.25) is 5.91 Å². The zero-order chi connectivity index (χ0) is 15.0. The third-order valence-corrected chi connectivity index (χ3v) is 2.85. The Kier molecular flexibility index (Phi) is 6.52. The number of carboxylic acid groups (broad SMARTS) is 1. The SMILES string of the molecule is COC(CNC(=O)CCc1cccc(N)c1)CC(=O)O. The highest BCUT2D eigenvalue weighted by Crippen LogP contribution is 2.08. The minimum absolute atomic E-state index is 0.133. The van der Waals surface area contributed by atoms with Gasteiger partial charge in [0.15, 0.2) is 0 Å². The van der Waals surface area contributed by atoms with Crippen molar-refractivity contribution in [3.05, 3.63) is 29.8 Å².